The lowest BCUT2D eigenvalue weighted by Crippen LogP contribution is -2.45. The molecule has 0 aromatic rings. The van der Waals surface area contributed by atoms with Crippen molar-refractivity contribution >= 4 is 11.9 Å². The van der Waals surface area contributed by atoms with Gasteiger partial charge in [-0.3, -0.25) is 9.59 Å². The molecule has 0 saturated heterocycles. The van der Waals surface area contributed by atoms with Gasteiger partial charge in [0.05, 0.1) is 25.4 Å². The van der Waals surface area contributed by atoms with Gasteiger partial charge in [-0.2, -0.15) is 0 Å². The van der Waals surface area contributed by atoms with Crippen LogP contribution in [0.15, 0.2) is 0 Å². The SMILES string of the molecule is CCCCCCCCCCCCCCCCCCC(O)C(CO)NC(=O)CCCCCCCCCCCCCCCCCCCCCCCCCCCCCCCOC(=O)CCCCCCCCCCCCC. The Morgan fingerprint density at radius 3 is 0.836 bits per heavy atom. The van der Waals surface area contributed by atoms with Crippen molar-refractivity contribution < 1.29 is 24.5 Å². The smallest absolute Gasteiger partial charge is 0.305 e. The summed E-state index contributed by atoms with van der Waals surface area (Å²) < 4.78 is 5.48. The van der Waals surface area contributed by atoms with Gasteiger partial charge >= 0.3 is 5.97 Å². The van der Waals surface area contributed by atoms with Crippen LogP contribution in [0.5, 0.6) is 0 Å². The lowest BCUT2D eigenvalue weighted by molar-refractivity contribution is -0.143. The molecule has 0 bridgehead atoms. The molecule has 0 radical (unpaired) electrons. The molecule has 73 heavy (non-hydrogen) atoms. The van der Waals surface area contributed by atoms with E-state index in [0.29, 0.717) is 25.9 Å². The predicted octanol–water partition coefficient (Wildman–Crippen LogP) is 21.4. The number of hydrogen-bond donors (Lipinski definition) is 3. The van der Waals surface area contributed by atoms with Gasteiger partial charge in [0, 0.05) is 12.8 Å². The third kappa shape index (κ3) is 60.0. The second kappa shape index (κ2) is 63.4. The summed E-state index contributed by atoms with van der Waals surface area (Å²) in [6.45, 7) is 4.99. The second-order valence-electron chi connectivity index (χ2n) is 23.5. The van der Waals surface area contributed by atoms with E-state index in [1.165, 1.54) is 321 Å². The summed E-state index contributed by atoms with van der Waals surface area (Å²) in [5.41, 5.74) is 0. The maximum atomic E-state index is 12.5. The van der Waals surface area contributed by atoms with Gasteiger partial charge in [0.15, 0.2) is 0 Å². The second-order valence-corrected chi connectivity index (χ2v) is 23.5. The molecule has 0 aromatic heterocycles. The zero-order valence-corrected chi connectivity index (χ0v) is 49.9. The van der Waals surface area contributed by atoms with Crippen molar-refractivity contribution in [3.05, 3.63) is 0 Å². The number of nitrogens with one attached hydrogen (secondary N) is 1. The van der Waals surface area contributed by atoms with Crippen molar-refractivity contribution in [2.75, 3.05) is 13.2 Å². The van der Waals surface area contributed by atoms with E-state index in [4.69, 9.17) is 4.74 Å². The van der Waals surface area contributed by atoms with Gasteiger partial charge in [-0.1, -0.05) is 354 Å². The van der Waals surface area contributed by atoms with E-state index in [1.807, 2.05) is 0 Å². The third-order valence-electron chi connectivity index (χ3n) is 16.2. The molecular weight excluding hydrogens is 899 g/mol. The van der Waals surface area contributed by atoms with Gasteiger partial charge in [-0.15, -0.1) is 0 Å². The van der Waals surface area contributed by atoms with Crippen LogP contribution in [0.1, 0.15) is 393 Å². The lowest BCUT2D eigenvalue weighted by atomic mass is 10.0. The van der Waals surface area contributed by atoms with Gasteiger partial charge < -0.3 is 20.3 Å². The quantitative estimate of drug-likeness (QED) is 0.0417. The fourth-order valence-corrected chi connectivity index (χ4v) is 11.0. The number of ether oxygens (including phenoxy) is 1. The number of esters is 1. The van der Waals surface area contributed by atoms with Crippen LogP contribution in [0.4, 0.5) is 0 Å². The number of carbonyl (C=O) groups is 2. The standard InChI is InChI=1S/C67H133NO5/c1-3-5-7-9-11-13-15-16-17-33-36-40-43-47-51-55-59-65(70)64(63-69)68-66(71)60-56-52-48-44-41-37-34-31-29-27-25-23-21-19-18-20-22-24-26-28-30-32-35-38-42-46-50-54-58-62-73-67(72)61-57-53-49-45-39-14-12-10-8-6-4-2/h64-65,69-70H,3-63H2,1-2H3,(H,68,71). The zero-order chi connectivity index (χ0) is 52.9. The molecule has 0 saturated carbocycles. The van der Waals surface area contributed by atoms with E-state index in [1.54, 1.807) is 0 Å². The summed E-state index contributed by atoms with van der Waals surface area (Å²) in [6.07, 6.45) is 75.7. The van der Waals surface area contributed by atoms with E-state index in [2.05, 4.69) is 19.2 Å². The van der Waals surface area contributed by atoms with Crippen LogP contribution in [-0.2, 0) is 14.3 Å². The number of unbranched alkanes of at least 4 members (excludes halogenated alkanes) is 53. The molecule has 0 aliphatic carbocycles. The predicted molar refractivity (Wildman–Crippen MR) is 320 cm³/mol. The fourth-order valence-electron chi connectivity index (χ4n) is 11.0. The number of amides is 1. The zero-order valence-electron chi connectivity index (χ0n) is 49.9. The van der Waals surface area contributed by atoms with Crippen LogP contribution in [0.3, 0.4) is 0 Å². The largest absolute Gasteiger partial charge is 0.466 e. The minimum Gasteiger partial charge on any atom is -0.466 e. The molecular formula is C67H133NO5. The minimum absolute atomic E-state index is 0.0202. The Kier molecular flexibility index (Phi) is 62.4. The Morgan fingerprint density at radius 1 is 0.329 bits per heavy atom. The highest BCUT2D eigenvalue weighted by atomic mass is 16.5. The Balaban J connectivity index is 3.32. The van der Waals surface area contributed by atoms with Crippen molar-refractivity contribution in [1.29, 1.82) is 0 Å². The molecule has 2 unspecified atom stereocenters. The molecule has 0 rings (SSSR count). The summed E-state index contributed by atoms with van der Waals surface area (Å²) in [5.74, 6) is -0.00735. The van der Waals surface area contributed by atoms with E-state index in [-0.39, 0.29) is 18.5 Å². The molecule has 0 spiro atoms. The van der Waals surface area contributed by atoms with Gasteiger partial charge in [-0.25, -0.2) is 0 Å². The first-order chi connectivity index (χ1) is 36.0. The molecule has 6 heteroatoms. The number of carbonyl (C=O) groups excluding carboxylic acids is 2. The molecule has 0 aromatic carbocycles. The topological polar surface area (TPSA) is 95.9 Å². The lowest BCUT2D eigenvalue weighted by Gasteiger charge is -2.22. The number of hydrogen-bond acceptors (Lipinski definition) is 5. The van der Waals surface area contributed by atoms with Crippen molar-refractivity contribution in [2.45, 2.75) is 405 Å². The average Bonchev–Trinajstić information content (AvgIpc) is 3.39. The van der Waals surface area contributed by atoms with Crippen LogP contribution < -0.4 is 5.32 Å². The number of aliphatic hydroxyl groups excluding tert-OH is 2. The number of aliphatic hydroxyl groups is 2. The van der Waals surface area contributed by atoms with E-state index in [0.717, 1.165) is 38.5 Å². The Bertz CT molecular complexity index is 1050. The Labute approximate surface area is 457 Å². The molecule has 436 valence electrons. The summed E-state index contributed by atoms with van der Waals surface area (Å²) in [7, 11) is 0. The Hall–Kier alpha value is -1.14. The van der Waals surface area contributed by atoms with Gasteiger partial charge in [0.2, 0.25) is 5.91 Å². The molecule has 0 fully saturated rings. The summed E-state index contributed by atoms with van der Waals surface area (Å²) >= 11 is 0. The monoisotopic (exact) mass is 1030 g/mol. The molecule has 0 aliphatic rings. The number of rotatable bonds is 64. The molecule has 6 nitrogen and oxygen atoms in total. The van der Waals surface area contributed by atoms with Crippen molar-refractivity contribution in [2.24, 2.45) is 0 Å². The van der Waals surface area contributed by atoms with Crippen LogP contribution in [-0.4, -0.2) is 47.4 Å². The summed E-state index contributed by atoms with van der Waals surface area (Å²) in [5, 5.41) is 23.3. The molecule has 0 heterocycles. The highest BCUT2D eigenvalue weighted by Gasteiger charge is 2.20. The average molecular weight is 1030 g/mol. The highest BCUT2D eigenvalue weighted by Crippen LogP contribution is 2.19. The summed E-state index contributed by atoms with van der Waals surface area (Å²) in [4.78, 5) is 24.5. The first-order valence-corrected chi connectivity index (χ1v) is 33.8. The van der Waals surface area contributed by atoms with Crippen molar-refractivity contribution in [3.8, 4) is 0 Å². The summed E-state index contributed by atoms with van der Waals surface area (Å²) in [6, 6.07) is -0.537. The van der Waals surface area contributed by atoms with E-state index in [9.17, 15) is 19.8 Å². The van der Waals surface area contributed by atoms with Crippen molar-refractivity contribution in [3.63, 3.8) is 0 Å². The molecule has 1 amide bonds. The molecule has 3 N–H and O–H groups in total. The highest BCUT2D eigenvalue weighted by molar-refractivity contribution is 5.76. The first kappa shape index (κ1) is 71.9. The molecule has 0 aliphatic heterocycles. The minimum atomic E-state index is -0.660. The van der Waals surface area contributed by atoms with E-state index < -0.39 is 12.1 Å². The van der Waals surface area contributed by atoms with Gasteiger partial charge in [0.25, 0.3) is 0 Å². The van der Waals surface area contributed by atoms with Crippen LogP contribution in [0, 0.1) is 0 Å². The normalized spacial score (nSPS) is 12.4. The fraction of sp³-hybridized carbons (Fsp3) is 0.970. The van der Waals surface area contributed by atoms with Crippen molar-refractivity contribution in [1.82, 2.24) is 5.32 Å². The van der Waals surface area contributed by atoms with Crippen LogP contribution in [0.25, 0.3) is 0 Å². The maximum Gasteiger partial charge on any atom is 0.305 e. The maximum absolute atomic E-state index is 12.5. The van der Waals surface area contributed by atoms with Crippen LogP contribution in [0.2, 0.25) is 0 Å². The van der Waals surface area contributed by atoms with E-state index >= 15 is 0 Å². The third-order valence-corrected chi connectivity index (χ3v) is 16.2. The molecule has 2 atom stereocenters. The Morgan fingerprint density at radius 2 is 0.562 bits per heavy atom. The van der Waals surface area contributed by atoms with Gasteiger partial charge in [0.1, 0.15) is 0 Å². The first-order valence-electron chi connectivity index (χ1n) is 33.8. The van der Waals surface area contributed by atoms with Gasteiger partial charge in [-0.05, 0) is 25.7 Å². The van der Waals surface area contributed by atoms with Crippen LogP contribution >= 0.6 is 0 Å².